The van der Waals surface area contributed by atoms with Crippen LogP contribution in [0.25, 0.3) is 0 Å². The zero-order valence-electron chi connectivity index (χ0n) is 10.5. The van der Waals surface area contributed by atoms with Crippen molar-refractivity contribution >= 4 is 5.69 Å². The van der Waals surface area contributed by atoms with Crippen LogP contribution >= 0.6 is 0 Å². The highest BCUT2D eigenvalue weighted by molar-refractivity contribution is 5.54. The van der Waals surface area contributed by atoms with Gasteiger partial charge in [-0.3, -0.25) is 0 Å². The molecule has 0 spiro atoms. The van der Waals surface area contributed by atoms with E-state index in [-0.39, 0.29) is 6.54 Å². The van der Waals surface area contributed by atoms with Crippen molar-refractivity contribution in [1.29, 1.82) is 5.26 Å². The van der Waals surface area contributed by atoms with Gasteiger partial charge >= 0.3 is 6.18 Å². The van der Waals surface area contributed by atoms with Gasteiger partial charge in [0.15, 0.2) is 5.92 Å². The quantitative estimate of drug-likeness (QED) is 0.820. The van der Waals surface area contributed by atoms with Crippen molar-refractivity contribution < 1.29 is 13.2 Å². The summed E-state index contributed by atoms with van der Waals surface area (Å²) in [5.74, 6) is -1.93. The standard InChI is InChI=1S/C14H15F3N2/c15-14(16,17)12(9-18)10-19-8-4-3-6-11-5-1-2-7-13(11)19/h1-2,5,7,12H,3-4,6,8,10H2. The van der Waals surface area contributed by atoms with Crippen molar-refractivity contribution in [3.8, 4) is 6.07 Å². The van der Waals surface area contributed by atoms with Gasteiger partial charge in [0.05, 0.1) is 6.07 Å². The van der Waals surface area contributed by atoms with Gasteiger partial charge < -0.3 is 4.90 Å². The average molecular weight is 268 g/mol. The summed E-state index contributed by atoms with van der Waals surface area (Å²) in [6.07, 6.45) is -1.76. The lowest BCUT2D eigenvalue weighted by atomic mass is 10.1. The number of nitrogens with zero attached hydrogens (tertiary/aromatic N) is 2. The molecule has 0 amide bonds. The minimum absolute atomic E-state index is 0.281. The second-order valence-electron chi connectivity index (χ2n) is 4.76. The van der Waals surface area contributed by atoms with Crippen molar-refractivity contribution in [1.82, 2.24) is 0 Å². The van der Waals surface area contributed by atoms with Gasteiger partial charge in [0.25, 0.3) is 0 Å². The summed E-state index contributed by atoms with van der Waals surface area (Å²) in [7, 11) is 0. The first-order chi connectivity index (χ1) is 9.02. The fourth-order valence-corrected chi connectivity index (χ4v) is 2.40. The molecule has 1 unspecified atom stereocenters. The van der Waals surface area contributed by atoms with Crippen LogP contribution in [0.15, 0.2) is 24.3 Å². The van der Waals surface area contributed by atoms with Crippen LogP contribution in [0.1, 0.15) is 18.4 Å². The molecule has 0 aliphatic carbocycles. The van der Waals surface area contributed by atoms with E-state index in [9.17, 15) is 13.2 Å². The van der Waals surface area contributed by atoms with Crippen molar-refractivity contribution in [2.75, 3.05) is 18.0 Å². The van der Waals surface area contributed by atoms with Gasteiger partial charge in [-0.05, 0) is 30.9 Å². The fourth-order valence-electron chi connectivity index (χ4n) is 2.40. The van der Waals surface area contributed by atoms with Crippen LogP contribution in [0.5, 0.6) is 0 Å². The normalized spacial score (nSPS) is 17.3. The maximum absolute atomic E-state index is 12.7. The highest BCUT2D eigenvalue weighted by atomic mass is 19.4. The van der Waals surface area contributed by atoms with Crippen LogP contribution in [0.3, 0.4) is 0 Å². The summed E-state index contributed by atoms with van der Waals surface area (Å²) in [6, 6.07) is 8.88. The molecule has 0 saturated carbocycles. The molecule has 1 aliphatic rings. The molecule has 1 atom stereocenters. The number of nitriles is 1. The highest BCUT2D eigenvalue weighted by Crippen LogP contribution is 2.31. The van der Waals surface area contributed by atoms with E-state index < -0.39 is 12.1 Å². The molecule has 5 heteroatoms. The van der Waals surface area contributed by atoms with E-state index in [0.29, 0.717) is 6.54 Å². The van der Waals surface area contributed by atoms with Gasteiger partial charge in [0, 0.05) is 18.8 Å². The molecule has 1 heterocycles. The zero-order valence-corrected chi connectivity index (χ0v) is 10.5. The molecule has 0 N–H and O–H groups in total. The minimum atomic E-state index is -4.46. The number of aryl methyl sites for hydroxylation is 1. The molecule has 102 valence electrons. The number of fused-ring (bicyclic) bond motifs is 1. The first kappa shape index (κ1) is 13.7. The number of para-hydroxylation sites is 1. The Morgan fingerprint density at radius 3 is 2.68 bits per heavy atom. The van der Waals surface area contributed by atoms with Crippen molar-refractivity contribution in [2.24, 2.45) is 5.92 Å². The van der Waals surface area contributed by atoms with Gasteiger partial charge in [0.1, 0.15) is 0 Å². The van der Waals surface area contributed by atoms with Gasteiger partial charge in [0.2, 0.25) is 0 Å². The lowest BCUT2D eigenvalue weighted by Gasteiger charge is -2.27. The molecule has 1 aliphatic heterocycles. The summed E-state index contributed by atoms with van der Waals surface area (Å²) in [6.45, 7) is 0.294. The van der Waals surface area contributed by atoms with Crippen LogP contribution in [0, 0.1) is 17.2 Å². The molecule has 0 radical (unpaired) electrons. The number of alkyl halides is 3. The second kappa shape index (κ2) is 5.52. The van der Waals surface area contributed by atoms with Crippen LogP contribution in [0.2, 0.25) is 0 Å². The molecule has 2 nitrogen and oxygen atoms in total. The van der Waals surface area contributed by atoms with Crippen LogP contribution in [-0.2, 0) is 6.42 Å². The topological polar surface area (TPSA) is 27.0 Å². The third kappa shape index (κ3) is 3.19. The Hall–Kier alpha value is -1.70. The number of halogens is 3. The van der Waals surface area contributed by atoms with Gasteiger partial charge in [-0.2, -0.15) is 18.4 Å². The number of hydrogen-bond acceptors (Lipinski definition) is 2. The Morgan fingerprint density at radius 1 is 1.26 bits per heavy atom. The Balaban J connectivity index is 2.23. The smallest absolute Gasteiger partial charge is 0.370 e. The monoisotopic (exact) mass is 268 g/mol. The highest BCUT2D eigenvalue weighted by Gasteiger charge is 2.41. The van der Waals surface area contributed by atoms with Crippen molar-refractivity contribution in [3.05, 3.63) is 29.8 Å². The number of anilines is 1. The SMILES string of the molecule is N#CC(CN1CCCCc2ccccc21)C(F)(F)F. The molecule has 1 aromatic rings. The number of benzene rings is 1. The summed E-state index contributed by atoms with van der Waals surface area (Å²) in [5.41, 5.74) is 1.91. The molecular formula is C14H15F3N2. The van der Waals surface area contributed by atoms with E-state index in [0.717, 1.165) is 30.5 Å². The third-order valence-corrected chi connectivity index (χ3v) is 3.41. The number of hydrogen-bond donors (Lipinski definition) is 0. The molecule has 0 saturated heterocycles. The fraction of sp³-hybridized carbons (Fsp3) is 0.500. The summed E-state index contributed by atoms with van der Waals surface area (Å²) < 4.78 is 38.1. The van der Waals surface area contributed by atoms with E-state index in [4.69, 9.17) is 5.26 Å². The molecule has 19 heavy (non-hydrogen) atoms. The largest absolute Gasteiger partial charge is 0.406 e. The average Bonchev–Trinajstić information content (AvgIpc) is 2.57. The van der Waals surface area contributed by atoms with Crippen LogP contribution in [-0.4, -0.2) is 19.3 Å². The van der Waals surface area contributed by atoms with Crippen LogP contribution < -0.4 is 4.90 Å². The number of rotatable bonds is 2. The first-order valence-electron chi connectivity index (χ1n) is 6.31. The molecule has 1 aromatic carbocycles. The van der Waals surface area contributed by atoms with E-state index in [1.165, 1.54) is 6.07 Å². The van der Waals surface area contributed by atoms with E-state index >= 15 is 0 Å². The Labute approximate surface area is 110 Å². The second-order valence-corrected chi connectivity index (χ2v) is 4.76. The molecular weight excluding hydrogens is 253 g/mol. The van der Waals surface area contributed by atoms with E-state index in [1.54, 1.807) is 4.90 Å². The molecule has 0 bridgehead atoms. The van der Waals surface area contributed by atoms with E-state index in [2.05, 4.69) is 0 Å². The van der Waals surface area contributed by atoms with Crippen molar-refractivity contribution in [2.45, 2.75) is 25.4 Å². The minimum Gasteiger partial charge on any atom is -0.370 e. The predicted molar refractivity (Wildman–Crippen MR) is 66.8 cm³/mol. The van der Waals surface area contributed by atoms with Crippen LogP contribution in [0.4, 0.5) is 18.9 Å². The zero-order chi connectivity index (χ0) is 13.9. The first-order valence-corrected chi connectivity index (χ1v) is 6.31. The van der Waals surface area contributed by atoms with Crippen molar-refractivity contribution in [3.63, 3.8) is 0 Å². The molecule has 0 fully saturated rings. The van der Waals surface area contributed by atoms with E-state index in [1.807, 2.05) is 24.3 Å². The Kier molecular flexibility index (Phi) is 3.98. The Bertz CT molecular complexity index is 476. The summed E-state index contributed by atoms with van der Waals surface area (Å²) >= 11 is 0. The third-order valence-electron chi connectivity index (χ3n) is 3.41. The lowest BCUT2D eigenvalue weighted by Crippen LogP contribution is -2.36. The lowest BCUT2D eigenvalue weighted by molar-refractivity contribution is -0.156. The van der Waals surface area contributed by atoms with Gasteiger partial charge in [-0.25, -0.2) is 0 Å². The summed E-state index contributed by atoms with van der Waals surface area (Å²) in [4.78, 5) is 1.70. The summed E-state index contributed by atoms with van der Waals surface area (Å²) in [5, 5.41) is 8.71. The van der Waals surface area contributed by atoms with Gasteiger partial charge in [-0.15, -0.1) is 0 Å². The Morgan fingerprint density at radius 2 is 2.00 bits per heavy atom. The van der Waals surface area contributed by atoms with Gasteiger partial charge in [-0.1, -0.05) is 18.2 Å². The maximum atomic E-state index is 12.7. The molecule has 0 aromatic heterocycles. The predicted octanol–water partition coefficient (Wildman–Crippen LogP) is 3.53. The maximum Gasteiger partial charge on any atom is 0.406 e. The molecule has 2 rings (SSSR count).